The molecule has 0 fully saturated rings. The van der Waals surface area contributed by atoms with Crippen molar-refractivity contribution in [3.05, 3.63) is 0 Å². The van der Waals surface area contributed by atoms with E-state index in [1.165, 1.54) is 0 Å². The number of hydrogen-bond acceptors (Lipinski definition) is 0. The van der Waals surface area contributed by atoms with E-state index in [0.717, 1.165) is 0 Å². The Bertz CT molecular complexity index is 15.2. The fraction of sp³-hybridized carbons (Fsp3) is 0. The number of hydrogen-bond donors (Lipinski definition) is 0. The van der Waals surface area contributed by atoms with Crippen molar-refractivity contribution in [2.24, 2.45) is 0 Å². The third-order valence-corrected chi connectivity index (χ3v) is 0. The van der Waals surface area contributed by atoms with Crippen molar-refractivity contribution in [2.45, 2.75) is 0 Å². The molecule has 0 saturated carbocycles. The van der Waals surface area contributed by atoms with Crippen LogP contribution in [0.2, 0.25) is 0 Å². The Morgan fingerprint density at radius 3 is 0.667 bits per heavy atom. The zero-order chi connectivity index (χ0) is 0. The molecule has 0 aliphatic carbocycles. The van der Waals surface area contributed by atoms with Gasteiger partial charge in [-0.15, -0.1) is 0 Å². The summed E-state index contributed by atoms with van der Waals surface area (Å²) >= 11 is 0. The van der Waals surface area contributed by atoms with Crippen LogP contribution in [-0.2, 0) is 0 Å². The first kappa shape index (κ1) is 48.9. The van der Waals surface area contributed by atoms with Crippen LogP contribution in [0.5, 0.6) is 0 Å². The molecule has 0 amide bonds. The van der Waals surface area contributed by atoms with Gasteiger partial charge in [0.15, 0.2) is 0 Å². The van der Waals surface area contributed by atoms with Crippen LogP contribution in [0, 0.1) is 83.5 Å². The summed E-state index contributed by atoms with van der Waals surface area (Å²) in [5.74, 6) is 0. The quantitative estimate of drug-likeness (QED) is 0.344. The summed E-state index contributed by atoms with van der Waals surface area (Å²) in [6, 6.07) is 0. The maximum atomic E-state index is 0. The van der Waals surface area contributed by atoms with Gasteiger partial charge < -0.3 is 19.3 Å². The topological polar surface area (TPSA) is 94.5 Å². The van der Waals surface area contributed by atoms with Crippen molar-refractivity contribution in [3.8, 4) is 0 Å². The van der Waals surface area contributed by atoms with E-state index < -0.39 is 0 Å². The average Bonchev–Trinajstić information content (AvgIpc) is 0. The van der Waals surface area contributed by atoms with Crippen LogP contribution in [0.1, 0.15) is 2.85 Å². The van der Waals surface area contributed by atoms with Crippen molar-refractivity contribution in [3.63, 3.8) is 0 Å². The minimum absolute atomic E-state index is 0. The average molecular weight is 474 g/mol. The van der Waals surface area contributed by atoms with E-state index in [-0.39, 0.29) is 152 Å². The molecular formula is H8BaCe2O3. The summed E-state index contributed by atoms with van der Waals surface area (Å²) in [5, 5.41) is 0. The standard InChI is InChI=1S/Ba.2Ce.3H2O.2H/h;;;3*1H2;;/q+2;;;;;;2*-1. The van der Waals surface area contributed by atoms with Crippen molar-refractivity contribution in [1.29, 1.82) is 0 Å². The molecule has 0 bridgehead atoms. The van der Waals surface area contributed by atoms with Gasteiger partial charge in [-0.25, -0.2) is 0 Å². The molecule has 0 radical (unpaired) electrons. The molecule has 0 aromatic heterocycles. The second-order valence-electron chi connectivity index (χ2n) is 0. The molecular weight excluding hydrogens is 466 g/mol. The van der Waals surface area contributed by atoms with Gasteiger partial charge in [0.25, 0.3) is 0 Å². The second kappa shape index (κ2) is 35.0. The van der Waals surface area contributed by atoms with Gasteiger partial charge in [-0.3, -0.25) is 0 Å². The van der Waals surface area contributed by atoms with Gasteiger partial charge in [-0.1, -0.05) is 0 Å². The van der Waals surface area contributed by atoms with Crippen molar-refractivity contribution >= 4 is 48.9 Å². The van der Waals surface area contributed by atoms with E-state index in [2.05, 4.69) is 0 Å². The van der Waals surface area contributed by atoms with Gasteiger partial charge in [-0.05, 0) is 0 Å². The van der Waals surface area contributed by atoms with Crippen LogP contribution in [0.4, 0.5) is 0 Å². The van der Waals surface area contributed by atoms with Crippen LogP contribution < -0.4 is 0 Å². The van der Waals surface area contributed by atoms with Crippen LogP contribution >= 0.6 is 0 Å². The zero-order valence-electron chi connectivity index (χ0n) is 5.21. The van der Waals surface area contributed by atoms with Crippen LogP contribution in [-0.4, -0.2) is 65.3 Å². The molecule has 3 nitrogen and oxygen atoms in total. The van der Waals surface area contributed by atoms with E-state index in [9.17, 15) is 0 Å². The Morgan fingerprint density at radius 2 is 0.667 bits per heavy atom. The van der Waals surface area contributed by atoms with Gasteiger partial charge >= 0.3 is 48.9 Å². The van der Waals surface area contributed by atoms with Crippen LogP contribution in [0.25, 0.3) is 0 Å². The molecule has 0 rings (SSSR count). The molecule has 0 aliphatic heterocycles. The molecule has 6 N–H and O–H groups in total. The summed E-state index contributed by atoms with van der Waals surface area (Å²) in [7, 11) is 0. The Labute approximate surface area is 147 Å². The first-order valence-electron chi connectivity index (χ1n) is 0. The monoisotopic (exact) mass is 474 g/mol. The van der Waals surface area contributed by atoms with Crippen LogP contribution in [0.15, 0.2) is 0 Å². The predicted molar refractivity (Wildman–Crippen MR) is 18.8 cm³/mol. The normalized spacial score (nSPS) is 0. The molecule has 0 atom stereocenters. The SMILES string of the molecule is O.O.O.[Ba+2].[Ce].[Ce].[H-].[H-]. The Balaban J connectivity index is 0. The maximum Gasteiger partial charge on any atom is 2.00 e. The molecule has 6 heavy (non-hydrogen) atoms. The molecule has 0 aromatic carbocycles. The van der Waals surface area contributed by atoms with Gasteiger partial charge in [-0.2, -0.15) is 0 Å². The van der Waals surface area contributed by atoms with E-state index in [4.69, 9.17) is 0 Å². The Kier molecular flexibility index (Phi) is 286. The third-order valence-electron chi connectivity index (χ3n) is 0. The summed E-state index contributed by atoms with van der Waals surface area (Å²) < 4.78 is 0. The van der Waals surface area contributed by atoms with Gasteiger partial charge in [0.05, 0.1) is 0 Å². The van der Waals surface area contributed by atoms with Gasteiger partial charge in [0, 0.05) is 83.5 Å². The first-order valence-corrected chi connectivity index (χ1v) is 0. The van der Waals surface area contributed by atoms with Crippen molar-refractivity contribution < 1.29 is 103 Å². The third kappa shape index (κ3) is 24.1. The molecule has 0 aliphatic rings. The molecule has 0 aromatic rings. The molecule has 36 valence electrons. The zero-order valence-corrected chi connectivity index (χ0v) is 13.9. The summed E-state index contributed by atoms with van der Waals surface area (Å²) in [4.78, 5) is 0. The van der Waals surface area contributed by atoms with Crippen LogP contribution in [0.3, 0.4) is 0 Å². The van der Waals surface area contributed by atoms with Gasteiger partial charge in [0.1, 0.15) is 0 Å². The van der Waals surface area contributed by atoms with E-state index >= 15 is 0 Å². The second-order valence-corrected chi connectivity index (χ2v) is 0. The largest absolute Gasteiger partial charge is 2.00 e. The van der Waals surface area contributed by atoms with Gasteiger partial charge in [0.2, 0.25) is 0 Å². The molecule has 0 unspecified atom stereocenters. The van der Waals surface area contributed by atoms with E-state index in [1.807, 2.05) is 0 Å². The molecule has 0 spiro atoms. The van der Waals surface area contributed by atoms with E-state index in [0.29, 0.717) is 0 Å². The fourth-order valence-electron chi connectivity index (χ4n) is 0. The molecule has 0 heterocycles. The van der Waals surface area contributed by atoms with Crippen molar-refractivity contribution in [1.82, 2.24) is 0 Å². The Morgan fingerprint density at radius 1 is 0.667 bits per heavy atom. The summed E-state index contributed by atoms with van der Waals surface area (Å²) in [6.07, 6.45) is 0. The fourth-order valence-corrected chi connectivity index (χ4v) is 0. The summed E-state index contributed by atoms with van der Waals surface area (Å²) in [6.45, 7) is 0. The maximum absolute atomic E-state index is 0. The summed E-state index contributed by atoms with van der Waals surface area (Å²) in [5.41, 5.74) is 0. The minimum atomic E-state index is 0. The molecule has 0 saturated heterocycles. The van der Waals surface area contributed by atoms with Crippen molar-refractivity contribution in [2.75, 3.05) is 0 Å². The van der Waals surface area contributed by atoms with E-state index in [1.54, 1.807) is 0 Å². The minimum Gasteiger partial charge on any atom is -1.00 e. The molecule has 6 heteroatoms. The number of rotatable bonds is 0. The smallest absolute Gasteiger partial charge is 1.00 e. The predicted octanol–water partition coefficient (Wildman–Crippen LogP) is -2.63. The Hall–Kier alpha value is 4.20. The first-order chi connectivity index (χ1) is 0.